The number of hydrogen-bond acceptors (Lipinski definition) is 3. The first-order valence-electron chi connectivity index (χ1n) is 8.92. The van der Waals surface area contributed by atoms with Gasteiger partial charge < -0.3 is 19.5 Å². The summed E-state index contributed by atoms with van der Waals surface area (Å²) in [7, 11) is 1.80. The van der Waals surface area contributed by atoms with Gasteiger partial charge >= 0.3 is 6.36 Å². The van der Waals surface area contributed by atoms with E-state index in [1.165, 1.54) is 26.0 Å². The van der Waals surface area contributed by atoms with Crippen molar-refractivity contribution in [3.05, 3.63) is 65.4 Å². The molecular weight excluding hydrogens is 381 g/mol. The number of alkyl halides is 3. The van der Waals surface area contributed by atoms with Crippen LogP contribution in [0.1, 0.15) is 30.5 Å². The molecule has 0 spiro atoms. The summed E-state index contributed by atoms with van der Waals surface area (Å²) < 4.78 is 43.2. The van der Waals surface area contributed by atoms with Crippen molar-refractivity contribution in [2.24, 2.45) is 7.05 Å². The van der Waals surface area contributed by atoms with Crippen LogP contribution in [0.25, 0.3) is 10.9 Å². The van der Waals surface area contributed by atoms with Crippen LogP contribution in [0.2, 0.25) is 0 Å². The Morgan fingerprint density at radius 1 is 1.14 bits per heavy atom. The van der Waals surface area contributed by atoms with Crippen LogP contribution in [0, 0.1) is 12.3 Å². The van der Waals surface area contributed by atoms with Crippen molar-refractivity contribution in [3.63, 3.8) is 0 Å². The molecule has 29 heavy (non-hydrogen) atoms. The molecule has 1 heterocycles. The Morgan fingerprint density at radius 2 is 1.76 bits per heavy atom. The number of Topliss-reactive ketones (excluding diaryl/α,β-unsaturated/α-hetero) is 1. The number of halogens is 3. The zero-order valence-corrected chi connectivity index (χ0v) is 16.7. The highest BCUT2D eigenvalue weighted by molar-refractivity contribution is 6.10. The van der Waals surface area contributed by atoms with E-state index in [-0.39, 0.29) is 11.5 Å². The molecule has 0 aliphatic rings. The number of rotatable bonds is 4. The second-order valence-corrected chi connectivity index (χ2v) is 6.87. The zero-order valence-electron chi connectivity index (χ0n) is 16.7. The van der Waals surface area contributed by atoms with E-state index in [0.717, 1.165) is 16.6 Å². The van der Waals surface area contributed by atoms with Crippen LogP contribution < -0.4 is 4.74 Å². The molecule has 0 aliphatic carbocycles. The summed E-state index contributed by atoms with van der Waals surface area (Å²) in [5, 5.41) is 9.01. The number of carbonyl (C=O) groups is 1. The molecule has 0 aliphatic heterocycles. The number of hydrogen-bond donors (Lipinski definition) is 1. The number of carbonyl (C=O) groups excluding carboxylic acids is 1. The van der Waals surface area contributed by atoms with Crippen molar-refractivity contribution >= 4 is 22.4 Å². The number of ether oxygens (including phenoxy) is 1. The molecule has 0 fully saturated rings. The lowest BCUT2D eigenvalue weighted by Crippen LogP contribution is -2.17. The summed E-state index contributed by atoms with van der Waals surface area (Å²) in [4.78, 5) is 9.44. The van der Waals surface area contributed by atoms with Gasteiger partial charge in [0.1, 0.15) is 11.5 Å². The fraction of sp³-hybridized carbons (Fsp3) is 0.273. The van der Waals surface area contributed by atoms with Gasteiger partial charge in [-0.3, -0.25) is 0 Å². The van der Waals surface area contributed by atoms with Crippen LogP contribution in [-0.2, 0) is 18.3 Å². The summed E-state index contributed by atoms with van der Waals surface area (Å²) in [6.07, 6.45) is -2.56. The van der Waals surface area contributed by atoms with E-state index >= 15 is 0 Å². The second kappa shape index (κ2) is 8.94. The molecule has 4 nitrogen and oxygen atoms in total. The summed E-state index contributed by atoms with van der Waals surface area (Å²) in [5.41, 5.74) is 3.80. The third-order valence-corrected chi connectivity index (χ3v) is 4.15. The van der Waals surface area contributed by atoms with Crippen LogP contribution in [0.3, 0.4) is 0 Å². The maximum atomic E-state index is 12.5. The van der Waals surface area contributed by atoms with Gasteiger partial charge in [-0.2, -0.15) is 0 Å². The fourth-order valence-corrected chi connectivity index (χ4v) is 2.90. The standard InChI is InChI=1S/C19H17F3N2O.C3H6O/c1-12-5-3-4-6-13(12)9-17(23)16-11-24(2)18-8-7-14(10-15(16)18)25-19(20,21)22;1-3(2)4/h3-8,10-11,23H,9H2,1-2H3;1-2H3. The number of fused-ring (bicyclic) bond motifs is 1. The third kappa shape index (κ3) is 6.20. The molecule has 1 aromatic heterocycles. The molecule has 0 saturated heterocycles. The molecule has 0 radical (unpaired) electrons. The first-order valence-corrected chi connectivity index (χ1v) is 8.92. The van der Waals surface area contributed by atoms with Crippen molar-refractivity contribution in [2.75, 3.05) is 0 Å². The van der Waals surface area contributed by atoms with E-state index < -0.39 is 6.36 Å². The molecule has 0 unspecified atom stereocenters. The van der Waals surface area contributed by atoms with Gasteiger partial charge in [-0.05, 0) is 50.1 Å². The minimum atomic E-state index is -4.74. The normalized spacial score (nSPS) is 11.0. The first kappa shape index (κ1) is 22.2. The Balaban J connectivity index is 0.000000687. The Labute approximate surface area is 167 Å². The summed E-state index contributed by atoms with van der Waals surface area (Å²) in [5.74, 6) is -0.115. The largest absolute Gasteiger partial charge is 0.573 e. The molecule has 1 N–H and O–H groups in total. The summed E-state index contributed by atoms with van der Waals surface area (Å²) in [6.45, 7) is 5.03. The Bertz CT molecular complexity index is 1030. The average molecular weight is 404 g/mol. The smallest absolute Gasteiger partial charge is 0.406 e. The van der Waals surface area contributed by atoms with Crippen molar-refractivity contribution in [1.29, 1.82) is 5.41 Å². The van der Waals surface area contributed by atoms with Crippen molar-refractivity contribution in [2.45, 2.75) is 33.6 Å². The van der Waals surface area contributed by atoms with Crippen LogP contribution in [0.5, 0.6) is 5.75 Å². The highest BCUT2D eigenvalue weighted by atomic mass is 19.4. The number of nitrogens with zero attached hydrogens (tertiary/aromatic N) is 1. The zero-order chi connectivity index (χ0) is 21.8. The quantitative estimate of drug-likeness (QED) is 0.576. The van der Waals surface area contributed by atoms with E-state index in [4.69, 9.17) is 5.41 Å². The molecule has 0 saturated carbocycles. The lowest BCUT2D eigenvalue weighted by atomic mass is 9.98. The van der Waals surface area contributed by atoms with Crippen LogP contribution in [0.4, 0.5) is 13.2 Å². The number of nitrogens with one attached hydrogen (secondary N) is 1. The van der Waals surface area contributed by atoms with Gasteiger partial charge in [0.25, 0.3) is 0 Å². The lowest BCUT2D eigenvalue weighted by molar-refractivity contribution is -0.274. The summed E-state index contributed by atoms with van der Waals surface area (Å²) in [6, 6.07) is 12.0. The Kier molecular flexibility index (Phi) is 6.84. The predicted octanol–water partition coefficient (Wildman–Crippen LogP) is 5.59. The predicted molar refractivity (Wildman–Crippen MR) is 108 cm³/mol. The van der Waals surface area contributed by atoms with E-state index in [0.29, 0.717) is 23.1 Å². The van der Waals surface area contributed by atoms with Crippen LogP contribution in [0.15, 0.2) is 48.7 Å². The maximum absolute atomic E-state index is 12.5. The Hall–Kier alpha value is -3.09. The summed E-state index contributed by atoms with van der Waals surface area (Å²) >= 11 is 0. The third-order valence-electron chi connectivity index (χ3n) is 4.15. The van der Waals surface area contributed by atoms with Gasteiger partial charge in [0.05, 0.1) is 0 Å². The first-order chi connectivity index (χ1) is 13.5. The van der Waals surface area contributed by atoms with Crippen LogP contribution >= 0.6 is 0 Å². The molecule has 0 atom stereocenters. The minimum Gasteiger partial charge on any atom is -0.406 e. The second-order valence-electron chi connectivity index (χ2n) is 6.87. The molecule has 3 rings (SSSR count). The van der Waals surface area contributed by atoms with Gasteiger partial charge in [-0.25, -0.2) is 0 Å². The highest BCUT2D eigenvalue weighted by Crippen LogP contribution is 2.30. The highest BCUT2D eigenvalue weighted by Gasteiger charge is 2.31. The molecule has 0 amide bonds. The molecule has 154 valence electrons. The number of aromatic nitrogens is 1. The van der Waals surface area contributed by atoms with Crippen molar-refractivity contribution in [3.8, 4) is 5.75 Å². The van der Waals surface area contributed by atoms with Crippen LogP contribution in [-0.4, -0.2) is 22.4 Å². The maximum Gasteiger partial charge on any atom is 0.573 e. The monoisotopic (exact) mass is 404 g/mol. The fourth-order valence-electron chi connectivity index (χ4n) is 2.90. The topological polar surface area (TPSA) is 55.1 Å². The van der Waals surface area contributed by atoms with Gasteiger partial charge in [0.15, 0.2) is 0 Å². The number of benzene rings is 2. The van der Waals surface area contributed by atoms with E-state index in [1.807, 2.05) is 31.2 Å². The van der Waals surface area contributed by atoms with Crippen molar-refractivity contribution in [1.82, 2.24) is 4.57 Å². The molecule has 7 heteroatoms. The Morgan fingerprint density at radius 3 is 2.34 bits per heavy atom. The molecule has 2 aromatic carbocycles. The SMILES string of the molecule is CC(C)=O.Cc1ccccc1CC(=N)c1cn(C)c2ccc(OC(F)(F)F)cc12. The average Bonchev–Trinajstić information content (AvgIpc) is 2.91. The lowest BCUT2D eigenvalue weighted by Gasteiger charge is -2.10. The molecular formula is C22H23F3N2O2. The van der Waals surface area contributed by atoms with Gasteiger partial charge in [0.2, 0.25) is 0 Å². The molecule has 0 bridgehead atoms. The van der Waals surface area contributed by atoms with Gasteiger partial charge in [-0.1, -0.05) is 24.3 Å². The van der Waals surface area contributed by atoms with Gasteiger partial charge in [-0.15, -0.1) is 13.2 Å². The van der Waals surface area contributed by atoms with E-state index in [9.17, 15) is 18.0 Å². The number of ketones is 1. The number of aryl methyl sites for hydroxylation is 2. The van der Waals surface area contributed by atoms with Crippen molar-refractivity contribution < 1.29 is 22.7 Å². The molecule has 3 aromatic rings. The van der Waals surface area contributed by atoms with E-state index in [1.54, 1.807) is 23.9 Å². The van der Waals surface area contributed by atoms with E-state index in [2.05, 4.69) is 4.74 Å². The van der Waals surface area contributed by atoms with Gasteiger partial charge in [0, 0.05) is 41.8 Å². The minimum absolute atomic E-state index is 0.167.